The lowest BCUT2D eigenvalue weighted by molar-refractivity contribution is -0.133. The minimum absolute atomic E-state index is 0.0476. The van der Waals surface area contributed by atoms with Crippen molar-refractivity contribution in [2.45, 2.75) is 45.8 Å². The van der Waals surface area contributed by atoms with E-state index in [-0.39, 0.29) is 30.3 Å². The Kier molecular flexibility index (Phi) is 11.6. The summed E-state index contributed by atoms with van der Waals surface area (Å²) in [4.78, 5) is 50.9. The van der Waals surface area contributed by atoms with Crippen LogP contribution >= 0.6 is 11.6 Å². The second-order valence-electron chi connectivity index (χ2n) is 9.24. The Labute approximate surface area is 232 Å². The molecule has 11 nitrogen and oxygen atoms in total. The summed E-state index contributed by atoms with van der Waals surface area (Å²) in [5.74, 6) is -2.31. The molecule has 39 heavy (non-hydrogen) atoms. The van der Waals surface area contributed by atoms with Gasteiger partial charge in [0.2, 0.25) is 11.8 Å². The van der Waals surface area contributed by atoms with E-state index >= 15 is 0 Å². The van der Waals surface area contributed by atoms with Crippen molar-refractivity contribution in [3.05, 3.63) is 58.1 Å². The van der Waals surface area contributed by atoms with Crippen molar-refractivity contribution < 1.29 is 34.1 Å². The maximum absolute atomic E-state index is 13.3. The number of nitrogens with one attached hydrogen (secondary N) is 2. The number of hydrogen-bond acceptors (Lipinski definition) is 7. The number of carbonyl (C=O) groups excluding carboxylic acids is 3. The number of aliphatic hydroxyl groups excluding tert-OH is 1. The first kappa shape index (κ1) is 31.4. The van der Waals surface area contributed by atoms with Crippen LogP contribution in [0.3, 0.4) is 0 Å². The molecule has 0 aromatic heterocycles. The number of anilines is 1. The quantitative estimate of drug-likeness (QED) is 0.320. The number of urea groups is 1. The van der Waals surface area contributed by atoms with Gasteiger partial charge in [0.25, 0.3) is 0 Å². The summed E-state index contributed by atoms with van der Waals surface area (Å²) in [5.41, 5.74) is 7.11. The molecular weight excluding hydrogens is 528 g/mol. The van der Waals surface area contributed by atoms with Crippen molar-refractivity contribution in [3.8, 4) is 5.75 Å². The summed E-state index contributed by atoms with van der Waals surface area (Å²) in [6.07, 6.45) is 0.478. The molecule has 0 radical (unpaired) electrons. The van der Waals surface area contributed by atoms with Crippen molar-refractivity contribution in [2.75, 3.05) is 25.9 Å². The SMILES string of the molecule is CC(C)O.CCC(NC(=O)N1CC(=O)NCC(Cc2cc(Cl)ccc2OC)C1=O)c1ccc(C(=O)O)c(N)c1. The average molecular weight is 563 g/mol. The van der Waals surface area contributed by atoms with Crippen LogP contribution in [0.15, 0.2) is 36.4 Å². The number of imide groups is 1. The lowest BCUT2D eigenvalue weighted by Gasteiger charge is -2.25. The summed E-state index contributed by atoms with van der Waals surface area (Å²) in [5, 5.41) is 23.1. The maximum Gasteiger partial charge on any atom is 0.337 e. The molecule has 212 valence electrons. The third-order valence-electron chi connectivity index (χ3n) is 5.83. The Balaban J connectivity index is 0.00000124. The molecule has 2 atom stereocenters. The molecule has 12 heteroatoms. The number of carboxylic acids is 1. The number of carboxylic acid groups (broad SMARTS) is 1. The fourth-order valence-corrected chi connectivity index (χ4v) is 4.16. The number of aromatic carboxylic acids is 1. The second kappa shape index (κ2) is 14.4. The van der Waals surface area contributed by atoms with Gasteiger partial charge in [-0.15, -0.1) is 0 Å². The fraction of sp³-hybridized carbons (Fsp3) is 0.407. The highest BCUT2D eigenvalue weighted by molar-refractivity contribution is 6.30. The molecule has 2 aromatic rings. The molecule has 2 unspecified atom stereocenters. The van der Waals surface area contributed by atoms with Crippen LogP contribution in [-0.2, 0) is 16.0 Å². The number of ether oxygens (including phenoxy) is 1. The number of amides is 4. The Morgan fingerprint density at radius 2 is 1.90 bits per heavy atom. The van der Waals surface area contributed by atoms with Crippen molar-refractivity contribution in [3.63, 3.8) is 0 Å². The second-order valence-corrected chi connectivity index (χ2v) is 9.68. The van der Waals surface area contributed by atoms with Gasteiger partial charge >= 0.3 is 12.0 Å². The Hall–Kier alpha value is -3.83. The molecule has 0 aliphatic carbocycles. The van der Waals surface area contributed by atoms with E-state index in [4.69, 9.17) is 27.2 Å². The van der Waals surface area contributed by atoms with Crippen LogP contribution in [0.1, 0.15) is 54.7 Å². The van der Waals surface area contributed by atoms with Gasteiger partial charge in [-0.3, -0.25) is 14.5 Å². The highest BCUT2D eigenvalue weighted by atomic mass is 35.5. The van der Waals surface area contributed by atoms with E-state index in [0.29, 0.717) is 28.3 Å². The molecule has 3 rings (SSSR count). The summed E-state index contributed by atoms with van der Waals surface area (Å²) in [6, 6.07) is 8.14. The van der Waals surface area contributed by atoms with E-state index in [2.05, 4.69) is 10.6 Å². The predicted octanol–water partition coefficient (Wildman–Crippen LogP) is 2.99. The van der Waals surface area contributed by atoms with Crippen molar-refractivity contribution >= 4 is 41.1 Å². The van der Waals surface area contributed by atoms with Crippen LogP contribution < -0.4 is 21.1 Å². The van der Waals surface area contributed by atoms with Crippen molar-refractivity contribution in [1.82, 2.24) is 15.5 Å². The summed E-state index contributed by atoms with van der Waals surface area (Å²) >= 11 is 6.11. The number of rotatable bonds is 7. The van der Waals surface area contributed by atoms with Crippen LogP contribution in [-0.4, -0.2) is 65.2 Å². The average Bonchev–Trinajstić information content (AvgIpc) is 3.00. The topological polar surface area (TPSA) is 171 Å². The van der Waals surface area contributed by atoms with E-state index in [1.54, 1.807) is 38.1 Å². The van der Waals surface area contributed by atoms with Gasteiger partial charge in [0.15, 0.2) is 0 Å². The Morgan fingerprint density at radius 3 is 2.46 bits per heavy atom. The first-order chi connectivity index (χ1) is 18.4. The molecule has 1 aliphatic heterocycles. The first-order valence-electron chi connectivity index (χ1n) is 12.4. The standard InChI is InChI=1S/C24H27ClN4O6.C3H8O/c1-3-19(13-4-6-17(23(32)33)18(26)10-13)28-24(34)29-12-21(30)27-11-15(22(29)31)8-14-9-16(25)5-7-20(14)35-2;1-3(2)4/h4-7,9-10,15,19H,3,8,11-12,26H2,1-2H3,(H,27,30)(H,28,34)(H,32,33);3-4H,1-2H3. The number of hydrogen-bond donors (Lipinski definition) is 5. The number of nitrogens with two attached hydrogens (primary N) is 1. The van der Waals surface area contributed by atoms with E-state index in [9.17, 15) is 24.3 Å². The van der Waals surface area contributed by atoms with Crippen LogP contribution in [0.2, 0.25) is 5.02 Å². The van der Waals surface area contributed by atoms with Crippen LogP contribution in [0.5, 0.6) is 5.75 Å². The highest BCUT2D eigenvalue weighted by Crippen LogP contribution is 2.27. The number of nitrogens with zero attached hydrogens (tertiary/aromatic N) is 1. The minimum Gasteiger partial charge on any atom is -0.496 e. The Morgan fingerprint density at radius 1 is 1.23 bits per heavy atom. The van der Waals surface area contributed by atoms with Gasteiger partial charge < -0.3 is 31.3 Å². The number of aliphatic hydroxyl groups is 1. The molecule has 0 saturated carbocycles. The molecule has 1 heterocycles. The normalized spacial score (nSPS) is 16.0. The van der Waals surface area contributed by atoms with Gasteiger partial charge in [0.1, 0.15) is 12.3 Å². The summed E-state index contributed by atoms with van der Waals surface area (Å²) < 4.78 is 5.36. The zero-order valence-electron chi connectivity index (χ0n) is 22.4. The molecule has 4 amide bonds. The molecule has 0 spiro atoms. The van der Waals surface area contributed by atoms with Crippen molar-refractivity contribution in [1.29, 1.82) is 0 Å². The largest absolute Gasteiger partial charge is 0.496 e. The molecule has 2 aromatic carbocycles. The van der Waals surface area contributed by atoms with Gasteiger partial charge in [-0.25, -0.2) is 9.59 Å². The van der Waals surface area contributed by atoms with Crippen LogP contribution in [0.4, 0.5) is 10.5 Å². The number of carbonyl (C=O) groups is 4. The predicted molar refractivity (Wildman–Crippen MR) is 147 cm³/mol. The molecule has 1 fully saturated rings. The van der Waals surface area contributed by atoms with E-state index in [0.717, 1.165) is 4.90 Å². The molecule has 1 saturated heterocycles. The van der Waals surface area contributed by atoms with Crippen LogP contribution in [0, 0.1) is 5.92 Å². The van der Waals surface area contributed by atoms with Crippen LogP contribution in [0.25, 0.3) is 0 Å². The molecule has 6 N–H and O–H groups in total. The van der Waals surface area contributed by atoms with Gasteiger partial charge in [-0.2, -0.15) is 0 Å². The fourth-order valence-electron chi connectivity index (χ4n) is 3.97. The number of nitrogen functional groups attached to an aromatic ring is 1. The van der Waals surface area contributed by atoms with Gasteiger partial charge in [0.05, 0.1) is 24.6 Å². The summed E-state index contributed by atoms with van der Waals surface area (Å²) in [6.45, 7) is 4.89. The number of halogens is 1. The third-order valence-corrected chi connectivity index (χ3v) is 6.07. The van der Waals surface area contributed by atoms with Gasteiger partial charge in [-0.1, -0.05) is 24.6 Å². The molecule has 0 bridgehead atoms. The zero-order valence-corrected chi connectivity index (χ0v) is 23.1. The van der Waals surface area contributed by atoms with E-state index < -0.39 is 42.3 Å². The summed E-state index contributed by atoms with van der Waals surface area (Å²) in [7, 11) is 1.50. The maximum atomic E-state index is 13.3. The zero-order chi connectivity index (χ0) is 29.3. The first-order valence-corrected chi connectivity index (χ1v) is 12.8. The third kappa shape index (κ3) is 8.86. The van der Waals surface area contributed by atoms with E-state index in [1.807, 2.05) is 6.92 Å². The number of benzene rings is 2. The number of methoxy groups -OCH3 is 1. The lowest BCUT2D eigenvalue weighted by atomic mass is 9.97. The minimum atomic E-state index is -1.16. The van der Waals surface area contributed by atoms with E-state index in [1.165, 1.54) is 19.2 Å². The monoisotopic (exact) mass is 562 g/mol. The van der Waals surface area contributed by atoms with Gasteiger partial charge in [0, 0.05) is 23.4 Å². The highest BCUT2D eigenvalue weighted by Gasteiger charge is 2.35. The smallest absolute Gasteiger partial charge is 0.337 e. The Bertz CT molecular complexity index is 1200. The molecular formula is C27H35ClN4O7. The molecule has 1 aliphatic rings. The van der Waals surface area contributed by atoms with Crippen molar-refractivity contribution in [2.24, 2.45) is 5.92 Å². The van der Waals surface area contributed by atoms with Gasteiger partial charge in [-0.05, 0) is 68.1 Å². The lowest BCUT2D eigenvalue weighted by Crippen LogP contribution is -2.48.